The van der Waals surface area contributed by atoms with Crippen LogP contribution in [0.5, 0.6) is 0 Å². The smallest absolute Gasteiger partial charge is 0.306 e. The molecule has 1 saturated heterocycles. The number of allylic oxidation sites excluding steroid dienone is 17. The van der Waals surface area contributed by atoms with Crippen molar-refractivity contribution in [3.8, 4) is 0 Å². The Morgan fingerprint density at radius 1 is 0.569 bits per heavy atom. The molecule has 0 radical (unpaired) electrons. The summed E-state index contributed by atoms with van der Waals surface area (Å²) >= 11 is 0. The van der Waals surface area contributed by atoms with Gasteiger partial charge < -0.3 is 45.1 Å². The molecule has 8 unspecified atom stereocenters. The van der Waals surface area contributed by atoms with Gasteiger partial charge in [0.1, 0.15) is 24.4 Å². The first kappa shape index (κ1) is 66.3. The Bertz CT molecular complexity index is 1580. The van der Waals surface area contributed by atoms with Gasteiger partial charge in [0.05, 0.1) is 25.4 Å². The number of hydrogen-bond donors (Lipinski definition) is 6. The van der Waals surface area contributed by atoms with Crippen LogP contribution >= 0.6 is 0 Å². The third-order valence-electron chi connectivity index (χ3n) is 12.5. The van der Waals surface area contributed by atoms with Crippen LogP contribution in [-0.2, 0) is 23.8 Å². The molecule has 0 aromatic carbocycles. The minimum absolute atomic E-state index is 0.0902. The molecule has 1 amide bonds. The highest BCUT2D eigenvalue weighted by Gasteiger charge is 2.47. The summed E-state index contributed by atoms with van der Waals surface area (Å²) in [5.74, 6) is -1.26. The van der Waals surface area contributed by atoms with Crippen molar-refractivity contribution in [1.29, 1.82) is 0 Å². The third-order valence-corrected chi connectivity index (χ3v) is 12.5. The lowest BCUT2D eigenvalue weighted by Gasteiger charge is -2.41. The first-order valence-corrected chi connectivity index (χ1v) is 28.2. The Labute approximate surface area is 437 Å². The van der Waals surface area contributed by atoms with Crippen LogP contribution in [0.2, 0.25) is 0 Å². The molecule has 6 N–H and O–H groups in total. The fourth-order valence-electron chi connectivity index (χ4n) is 8.03. The number of unbranched alkanes of at least 4 members (excludes halogenated alkanes) is 17. The Kier molecular flexibility index (Phi) is 44.5. The molecule has 11 nitrogen and oxygen atoms in total. The minimum Gasteiger partial charge on any atom is -0.454 e. The fraction of sp³-hybridized carbons (Fsp3) is 0.672. The zero-order chi connectivity index (χ0) is 52.5. The van der Waals surface area contributed by atoms with Crippen LogP contribution in [-0.4, -0.2) is 99.6 Å². The predicted octanol–water partition coefficient (Wildman–Crippen LogP) is 12.5. The van der Waals surface area contributed by atoms with Crippen LogP contribution in [0.1, 0.15) is 201 Å². The molecule has 11 heteroatoms. The standard InChI is InChI=1S/C61H101NO10/c1-4-7-10-13-16-19-22-25-26-27-28-29-31-33-36-39-42-45-48-54(65)60(69)62-52(53(64)47-44-41-38-35-32-24-21-18-15-12-9-6-3)51-70-61-59(58(68)57(67)55(50-63)71-61)72-56(66)49-46-43-40-37-34-30-23-20-17-14-11-8-5-2/h7-8,10-11,14,16-17,19-20,23,25-26,28-29,33,36,44,47,52-55,57-59,61,63-65,67-68H,4-6,9,12-13,15,18,21-22,24,27,30-32,34-35,37-43,45-46,48-51H2,1-3H3,(H,62,69)/b10-7-,11-8+,17-14+,19-16-,23-20-,26-25-,29-28-,36-33-,47-44+. The molecule has 8 atom stereocenters. The van der Waals surface area contributed by atoms with E-state index in [1.54, 1.807) is 6.08 Å². The summed E-state index contributed by atoms with van der Waals surface area (Å²) in [6.07, 6.45) is 54.2. The van der Waals surface area contributed by atoms with Crippen molar-refractivity contribution >= 4 is 11.9 Å². The quantitative estimate of drug-likeness (QED) is 0.0149. The number of carbonyl (C=O) groups is 2. The number of aliphatic hydroxyl groups excluding tert-OH is 5. The van der Waals surface area contributed by atoms with Crippen LogP contribution in [0.3, 0.4) is 0 Å². The number of aliphatic hydroxyl groups is 5. The van der Waals surface area contributed by atoms with Crippen molar-refractivity contribution in [3.63, 3.8) is 0 Å². The first-order valence-electron chi connectivity index (χ1n) is 28.2. The monoisotopic (exact) mass is 1010 g/mol. The average molecular weight is 1010 g/mol. The summed E-state index contributed by atoms with van der Waals surface area (Å²) in [5.41, 5.74) is 0. The summed E-state index contributed by atoms with van der Waals surface area (Å²) < 4.78 is 17.5. The Hall–Kier alpha value is -3.68. The molecule has 410 valence electrons. The van der Waals surface area contributed by atoms with Crippen LogP contribution in [0.15, 0.2) is 109 Å². The fourth-order valence-corrected chi connectivity index (χ4v) is 8.03. The molecule has 0 aliphatic carbocycles. The molecule has 0 aromatic rings. The van der Waals surface area contributed by atoms with Crippen LogP contribution in [0.4, 0.5) is 0 Å². The second kappa shape index (κ2) is 48.3. The molecular weight excluding hydrogens is 907 g/mol. The van der Waals surface area contributed by atoms with E-state index in [1.165, 1.54) is 44.9 Å². The van der Waals surface area contributed by atoms with Crippen LogP contribution < -0.4 is 5.32 Å². The van der Waals surface area contributed by atoms with Crippen LogP contribution in [0.25, 0.3) is 0 Å². The van der Waals surface area contributed by atoms with Gasteiger partial charge in [-0.15, -0.1) is 0 Å². The predicted molar refractivity (Wildman–Crippen MR) is 296 cm³/mol. The summed E-state index contributed by atoms with van der Waals surface area (Å²) in [5, 5.41) is 56.7. The van der Waals surface area contributed by atoms with Gasteiger partial charge in [0.15, 0.2) is 12.4 Å². The Morgan fingerprint density at radius 2 is 1.07 bits per heavy atom. The SMILES string of the molecule is CC/C=C\C/C=C\C/C=C\C/C=C\C/C=C\CCCCC(O)C(=O)NC(COC1OC(CO)C(O)C(O)C1OC(=O)CCCCCCC\C=C/C=C/C=C/CC)C(O)/C=C/CCCCCCCCCCCC. The molecule has 0 aromatic heterocycles. The van der Waals surface area contributed by atoms with E-state index >= 15 is 0 Å². The van der Waals surface area contributed by atoms with Crippen molar-refractivity contribution in [1.82, 2.24) is 5.32 Å². The third kappa shape index (κ3) is 36.3. The maximum absolute atomic E-state index is 13.4. The second-order valence-corrected chi connectivity index (χ2v) is 19.0. The highest BCUT2D eigenvalue weighted by Crippen LogP contribution is 2.26. The van der Waals surface area contributed by atoms with E-state index in [0.717, 1.165) is 109 Å². The number of ether oxygens (including phenoxy) is 3. The van der Waals surface area contributed by atoms with Crippen molar-refractivity contribution in [3.05, 3.63) is 109 Å². The van der Waals surface area contributed by atoms with Gasteiger partial charge in [0.2, 0.25) is 5.91 Å². The van der Waals surface area contributed by atoms with Gasteiger partial charge in [-0.1, -0.05) is 214 Å². The summed E-state index contributed by atoms with van der Waals surface area (Å²) in [4.78, 5) is 26.4. The summed E-state index contributed by atoms with van der Waals surface area (Å²) in [7, 11) is 0. The molecule has 1 fully saturated rings. The van der Waals surface area contributed by atoms with Crippen molar-refractivity contribution in [2.75, 3.05) is 13.2 Å². The zero-order valence-corrected chi connectivity index (χ0v) is 45.0. The van der Waals surface area contributed by atoms with Gasteiger partial charge in [-0.3, -0.25) is 9.59 Å². The largest absolute Gasteiger partial charge is 0.454 e. The minimum atomic E-state index is -1.63. The second-order valence-electron chi connectivity index (χ2n) is 19.0. The zero-order valence-electron chi connectivity index (χ0n) is 45.0. The van der Waals surface area contributed by atoms with E-state index in [1.807, 2.05) is 24.3 Å². The Balaban J connectivity index is 2.79. The van der Waals surface area contributed by atoms with Gasteiger partial charge in [0.25, 0.3) is 0 Å². The Morgan fingerprint density at radius 3 is 1.65 bits per heavy atom. The highest BCUT2D eigenvalue weighted by molar-refractivity contribution is 5.80. The number of esters is 1. The highest BCUT2D eigenvalue weighted by atomic mass is 16.7. The molecule has 1 rings (SSSR count). The lowest BCUT2D eigenvalue weighted by Crippen LogP contribution is -2.61. The topological polar surface area (TPSA) is 175 Å². The number of amides is 1. The van der Waals surface area contributed by atoms with Gasteiger partial charge in [-0.05, 0) is 89.9 Å². The van der Waals surface area contributed by atoms with Crippen molar-refractivity contribution in [2.24, 2.45) is 0 Å². The van der Waals surface area contributed by atoms with Gasteiger partial charge >= 0.3 is 5.97 Å². The number of hydrogen-bond acceptors (Lipinski definition) is 10. The van der Waals surface area contributed by atoms with Gasteiger partial charge in [-0.2, -0.15) is 0 Å². The molecule has 72 heavy (non-hydrogen) atoms. The maximum atomic E-state index is 13.4. The van der Waals surface area contributed by atoms with E-state index in [-0.39, 0.29) is 19.4 Å². The first-order chi connectivity index (χ1) is 35.2. The number of carbonyl (C=O) groups excluding carboxylic acids is 2. The number of rotatable bonds is 45. The lowest BCUT2D eigenvalue weighted by molar-refractivity contribution is -0.305. The van der Waals surface area contributed by atoms with E-state index in [9.17, 15) is 35.1 Å². The maximum Gasteiger partial charge on any atom is 0.306 e. The van der Waals surface area contributed by atoms with Gasteiger partial charge in [-0.25, -0.2) is 0 Å². The average Bonchev–Trinajstić information content (AvgIpc) is 3.38. The van der Waals surface area contributed by atoms with E-state index in [0.29, 0.717) is 12.8 Å². The summed E-state index contributed by atoms with van der Waals surface area (Å²) in [6, 6.07) is -1.05. The molecule has 1 heterocycles. The molecule has 0 spiro atoms. The van der Waals surface area contributed by atoms with Crippen molar-refractivity contribution < 1.29 is 49.3 Å². The van der Waals surface area contributed by atoms with Gasteiger partial charge in [0, 0.05) is 6.42 Å². The van der Waals surface area contributed by atoms with E-state index < -0.39 is 67.4 Å². The molecule has 0 bridgehead atoms. The molecule has 1 aliphatic heterocycles. The molecule has 1 aliphatic rings. The lowest BCUT2D eigenvalue weighted by atomic mass is 9.99. The molecular formula is C61H101NO10. The van der Waals surface area contributed by atoms with E-state index in [2.05, 4.69) is 105 Å². The normalized spacial score (nSPS) is 20.4. The summed E-state index contributed by atoms with van der Waals surface area (Å²) in [6.45, 7) is 5.47. The molecule has 0 saturated carbocycles. The van der Waals surface area contributed by atoms with Crippen molar-refractivity contribution in [2.45, 2.75) is 250 Å². The van der Waals surface area contributed by atoms with Crippen LogP contribution in [0, 0.1) is 0 Å². The number of nitrogens with one attached hydrogen (secondary N) is 1. The van der Waals surface area contributed by atoms with E-state index in [4.69, 9.17) is 14.2 Å².